The molecule has 2 fully saturated rings. The van der Waals surface area contributed by atoms with E-state index in [4.69, 9.17) is 0 Å². The highest BCUT2D eigenvalue weighted by Crippen LogP contribution is 2.49. The van der Waals surface area contributed by atoms with Crippen LogP contribution in [0.25, 0.3) is 11.4 Å². The Labute approximate surface area is 199 Å². The predicted octanol–water partition coefficient (Wildman–Crippen LogP) is 3.37. The largest absolute Gasteiger partial charge is 0.313 e. The van der Waals surface area contributed by atoms with Crippen LogP contribution in [0.2, 0.25) is 0 Å². The van der Waals surface area contributed by atoms with E-state index in [0.717, 1.165) is 80.7 Å². The summed E-state index contributed by atoms with van der Waals surface area (Å²) in [5, 5.41) is 15.6. The number of rotatable bonds is 4. The molecule has 1 aromatic carbocycles. The molecule has 4 aliphatic rings. The molecule has 178 valence electrons. The molecule has 0 unspecified atom stereocenters. The van der Waals surface area contributed by atoms with Gasteiger partial charge in [0.25, 0.3) is 0 Å². The highest BCUT2D eigenvalue weighted by atomic mass is 16.2. The summed E-state index contributed by atoms with van der Waals surface area (Å²) in [6.07, 6.45) is 7.11. The number of amides is 1. The molecule has 2 aromatic rings. The molecule has 6 rings (SSSR count). The third-order valence-electron chi connectivity index (χ3n) is 8.56. The van der Waals surface area contributed by atoms with Gasteiger partial charge in [-0.2, -0.15) is 0 Å². The zero-order valence-corrected chi connectivity index (χ0v) is 20.0. The first-order valence-corrected chi connectivity index (χ1v) is 12.6. The zero-order valence-electron chi connectivity index (χ0n) is 20.0. The van der Waals surface area contributed by atoms with Crippen LogP contribution in [0.3, 0.4) is 0 Å². The van der Waals surface area contributed by atoms with Crippen molar-refractivity contribution >= 4 is 11.7 Å². The highest BCUT2D eigenvalue weighted by Gasteiger charge is 2.52. The summed E-state index contributed by atoms with van der Waals surface area (Å²) in [4.78, 5) is 27.9. The van der Waals surface area contributed by atoms with Gasteiger partial charge in [-0.05, 0) is 80.3 Å². The van der Waals surface area contributed by atoms with Gasteiger partial charge in [0.15, 0.2) is 11.6 Å². The van der Waals surface area contributed by atoms with Crippen LogP contribution in [0, 0.1) is 5.41 Å². The lowest BCUT2D eigenvalue weighted by Crippen LogP contribution is -2.42. The number of tetrazole rings is 1. The van der Waals surface area contributed by atoms with E-state index >= 15 is 0 Å². The normalized spacial score (nSPS) is 28.7. The average Bonchev–Trinajstić information content (AvgIpc) is 3.48. The quantitative estimate of drug-likeness (QED) is 0.642. The lowest BCUT2D eigenvalue weighted by atomic mass is 9.70. The Kier molecular flexibility index (Phi) is 5.17. The Bertz CT molecular complexity index is 1190. The summed E-state index contributed by atoms with van der Waals surface area (Å²) >= 11 is 0. The number of carbonyl (C=O) groups is 2. The second-order valence-corrected chi connectivity index (χ2v) is 10.7. The molecule has 3 heterocycles. The van der Waals surface area contributed by atoms with Crippen molar-refractivity contribution in [2.45, 2.75) is 90.4 Å². The Morgan fingerprint density at radius 2 is 2.00 bits per heavy atom. The van der Waals surface area contributed by atoms with Gasteiger partial charge in [0.05, 0.1) is 12.0 Å². The van der Waals surface area contributed by atoms with Gasteiger partial charge in [-0.1, -0.05) is 18.2 Å². The van der Waals surface area contributed by atoms with Crippen molar-refractivity contribution in [2.24, 2.45) is 5.41 Å². The van der Waals surface area contributed by atoms with Gasteiger partial charge in [0.1, 0.15) is 0 Å². The van der Waals surface area contributed by atoms with E-state index < -0.39 is 0 Å². The van der Waals surface area contributed by atoms with Crippen LogP contribution in [0.5, 0.6) is 0 Å². The topological polar surface area (TPSA) is 93.0 Å². The summed E-state index contributed by atoms with van der Waals surface area (Å²) in [5.41, 5.74) is 5.19. The number of nitrogens with zero attached hydrogens (tertiary/aromatic N) is 5. The van der Waals surface area contributed by atoms with Crippen molar-refractivity contribution in [1.82, 2.24) is 30.4 Å². The number of benzene rings is 1. The molecule has 1 amide bonds. The van der Waals surface area contributed by atoms with Crippen LogP contribution in [0.4, 0.5) is 0 Å². The SMILES string of the molecule is CC1=C(N2C(=O)[C@]3(CC[C@@H](NCc4ccc5c(c4)Cn4nnnc4-5)CC3)C[C@@H]2C)CCCC1=O. The minimum atomic E-state index is -0.250. The third-order valence-corrected chi connectivity index (χ3v) is 8.56. The highest BCUT2D eigenvalue weighted by molar-refractivity contribution is 5.98. The molecule has 1 atom stereocenters. The molecule has 0 radical (unpaired) electrons. The summed E-state index contributed by atoms with van der Waals surface area (Å²) in [6, 6.07) is 7.12. The van der Waals surface area contributed by atoms with Crippen LogP contribution in [0.15, 0.2) is 29.5 Å². The van der Waals surface area contributed by atoms with Crippen LogP contribution < -0.4 is 5.32 Å². The fourth-order valence-electron chi connectivity index (χ4n) is 6.67. The second kappa shape index (κ2) is 8.12. The molecular formula is C26H32N6O2. The molecular weight excluding hydrogens is 428 g/mol. The maximum atomic E-state index is 13.7. The minimum Gasteiger partial charge on any atom is -0.313 e. The molecule has 34 heavy (non-hydrogen) atoms. The number of carbonyl (C=O) groups excluding carboxylic acids is 2. The maximum absolute atomic E-state index is 13.7. The van der Waals surface area contributed by atoms with Gasteiger partial charge < -0.3 is 10.2 Å². The van der Waals surface area contributed by atoms with Crippen molar-refractivity contribution in [3.8, 4) is 11.4 Å². The predicted molar refractivity (Wildman–Crippen MR) is 126 cm³/mol. The van der Waals surface area contributed by atoms with Crippen LogP contribution in [-0.4, -0.2) is 48.9 Å². The second-order valence-electron chi connectivity index (χ2n) is 10.7. The average molecular weight is 461 g/mol. The summed E-state index contributed by atoms with van der Waals surface area (Å²) in [7, 11) is 0. The first kappa shape index (κ1) is 21.6. The van der Waals surface area contributed by atoms with Crippen molar-refractivity contribution in [3.05, 3.63) is 40.6 Å². The number of allylic oxidation sites excluding steroid dienone is 2. The fourth-order valence-corrected chi connectivity index (χ4v) is 6.67. The standard InChI is InChI=1S/C26H32N6O2/c1-16-13-26(25(34)32(16)22-4-3-5-23(33)17(22)2)10-8-20(9-11-26)27-14-18-6-7-21-19(12-18)15-31-24(21)28-29-30-31/h6-7,12,16,20,27H,3-5,8-11,13-15H2,1-2H3/t16-,20-,26+/m0/s1. The van der Waals surface area contributed by atoms with Gasteiger partial charge in [-0.25, -0.2) is 4.68 Å². The van der Waals surface area contributed by atoms with Crippen molar-refractivity contribution in [3.63, 3.8) is 0 Å². The number of Topliss-reactive ketones (excluding diaryl/α,β-unsaturated/α-hetero) is 1. The Morgan fingerprint density at radius 1 is 1.18 bits per heavy atom. The number of nitrogens with one attached hydrogen (secondary N) is 1. The number of fused-ring (bicyclic) bond motifs is 3. The molecule has 1 saturated carbocycles. The van der Waals surface area contributed by atoms with E-state index in [9.17, 15) is 9.59 Å². The van der Waals surface area contributed by atoms with E-state index in [2.05, 4.69) is 46.0 Å². The maximum Gasteiger partial charge on any atom is 0.233 e. The van der Waals surface area contributed by atoms with E-state index in [1.54, 1.807) is 0 Å². The molecule has 1 aromatic heterocycles. The molecule has 2 aliphatic heterocycles. The van der Waals surface area contributed by atoms with E-state index in [-0.39, 0.29) is 23.1 Å². The number of aromatic nitrogens is 4. The number of hydrogen-bond acceptors (Lipinski definition) is 6. The van der Waals surface area contributed by atoms with E-state index in [1.807, 2.05) is 16.5 Å². The minimum absolute atomic E-state index is 0.179. The third kappa shape index (κ3) is 3.42. The summed E-state index contributed by atoms with van der Waals surface area (Å²) in [5.74, 6) is 1.32. The Balaban J connectivity index is 1.08. The molecule has 1 spiro atoms. The molecule has 1 N–H and O–H groups in total. The Hall–Kier alpha value is -2.87. The van der Waals surface area contributed by atoms with Gasteiger partial charge in [0, 0.05) is 41.9 Å². The van der Waals surface area contributed by atoms with Gasteiger partial charge in [-0.3, -0.25) is 9.59 Å². The van der Waals surface area contributed by atoms with Gasteiger partial charge in [-0.15, -0.1) is 5.10 Å². The molecule has 8 heteroatoms. The summed E-state index contributed by atoms with van der Waals surface area (Å²) < 4.78 is 1.84. The van der Waals surface area contributed by atoms with E-state index in [0.29, 0.717) is 12.5 Å². The Morgan fingerprint density at radius 3 is 2.82 bits per heavy atom. The smallest absolute Gasteiger partial charge is 0.233 e. The van der Waals surface area contributed by atoms with Crippen LogP contribution in [0.1, 0.15) is 76.3 Å². The van der Waals surface area contributed by atoms with Crippen molar-refractivity contribution in [2.75, 3.05) is 0 Å². The van der Waals surface area contributed by atoms with Crippen molar-refractivity contribution in [1.29, 1.82) is 0 Å². The monoisotopic (exact) mass is 460 g/mol. The van der Waals surface area contributed by atoms with Gasteiger partial charge in [0.2, 0.25) is 5.91 Å². The molecule has 8 nitrogen and oxygen atoms in total. The molecule has 1 saturated heterocycles. The first-order chi connectivity index (χ1) is 16.4. The van der Waals surface area contributed by atoms with Crippen molar-refractivity contribution < 1.29 is 9.59 Å². The molecule has 2 aliphatic carbocycles. The number of ketones is 1. The first-order valence-electron chi connectivity index (χ1n) is 12.6. The molecule has 0 bridgehead atoms. The number of hydrogen-bond donors (Lipinski definition) is 1. The number of likely N-dealkylation sites (tertiary alicyclic amines) is 1. The van der Waals surface area contributed by atoms with E-state index in [1.165, 1.54) is 11.1 Å². The lowest BCUT2D eigenvalue weighted by molar-refractivity contribution is -0.136. The van der Waals surface area contributed by atoms with Crippen LogP contribution >= 0.6 is 0 Å². The lowest BCUT2D eigenvalue weighted by Gasteiger charge is -2.36. The summed E-state index contributed by atoms with van der Waals surface area (Å²) in [6.45, 7) is 5.62. The van der Waals surface area contributed by atoms with Gasteiger partial charge >= 0.3 is 0 Å². The van der Waals surface area contributed by atoms with Crippen LogP contribution in [-0.2, 0) is 22.7 Å². The zero-order chi connectivity index (χ0) is 23.4. The fraction of sp³-hybridized carbons (Fsp3) is 0.577.